The lowest BCUT2D eigenvalue weighted by molar-refractivity contribution is 0.102. The highest BCUT2D eigenvalue weighted by Crippen LogP contribution is 2.29. The molecule has 152 valence electrons. The Bertz CT molecular complexity index is 1350. The third-order valence-corrected chi connectivity index (χ3v) is 6.80. The van der Waals surface area contributed by atoms with Crippen molar-refractivity contribution in [1.29, 1.82) is 0 Å². The summed E-state index contributed by atoms with van der Waals surface area (Å²) in [6.45, 7) is 4.01. The second-order valence-corrected chi connectivity index (χ2v) is 9.61. The van der Waals surface area contributed by atoms with E-state index in [2.05, 4.69) is 21.1 Å². The van der Waals surface area contributed by atoms with Crippen molar-refractivity contribution < 1.29 is 13.2 Å². The first-order chi connectivity index (χ1) is 14.3. The van der Waals surface area contributed by atoms with Gasteiger partial charge in [-0.15, -0.1) is 0 Å². The maximum absolute atomic E-state index is 12.7. The molecule has 30 heavy (non-hydrogen) atoms. The molecule has 0 radical (unpaired) electrons. The molecule has 8 heteroatoms. The van der Waals surface area contributed by atoms with Gasteiger partial charge in [0.2, 0.25) is 0 Å². The number of fused-ring (bicyclic) bond motifs is 1. The van der Waals surface area contributed by atoms with Crippen LogP contribution < -0.4 is 10.0 Å². The molecule has 1 aromatic heterocycles. The standard InChI is InChI=1S/C22H19N3O3S2/c1-14-11-15(2)20-19(12-14)29-22(23-20)24-21(26)16-7-6-8-17(13-16)25-30(27,28)18-9-4-3-5-10-18/h3-13,25H,1-2H3,(H,23,24,26). The van der Waals surface area contributed by atoms with E-state index in [-0.39, 0.29) is 10.8 Å². The Morgan fingerprint density at radius 2 is 1.73 bits per heavy atom. The minimum atomic E-state index is -3.73. The quantitative estimate of drug-likeness (QED) is 0.462. The normalized spacial score (nSPS) is 11.4. The van der Waals surface area contributed by atoms with Gasteiger partial charge in [-0.05, 0) is 61.4 Å². The molecule has 2 N–H and O–H groups in total. The molecule has 0 aliphatic rings. The molecule has 0 saturated carbocycles. The molecule has 4 rings (SSSR count). The van der Waals surface area contributed by atoms with Crippen molar-refractivity contribution in [2.24, 2.45) is 0 Å². The maximum atomic E-state index is 12.7. The fourth-order valence-electron chi connectivity index (χ4n) is 3.13. The number of benzene rings is 3. The van der Waals surface area contributed by atoms with Crippen LogP contribution in [0.15, 0.2) is 71.6 Å². The minimum Gasteiger partial charge on any atom is -0.298 e. The van der Waals surface area contributed by atoms with Crippen LogP contribution >= 0.6 is 11.3 Å². The highest BCUT2D eigenvalue weighted by molar-refractivity contribution is 7.92. The van der Waals surface area contributed by atoms with Gasteiger partial charge in [-0.25, -0.2) is 13.4 Å². The first-order valence-electron chi connectivity index (χ1n) is 9.19. The van der Waals surface area contributed by atoms with Crippen LogP contribution in [0.3, 0.4) is 0 Å². The molecule has 6 nitrogen and oxygen atoms in total. The van der Waals surface area contributed by atoms with Crippen molar-refractivity contribution in [3.63, 3.8) is 0 Å². The molecule has 0 spiro atoms. The predicted molar refractivity (Wildman–Crippen MR) is 121 cm³/mol. The van der Waals surface area contributed by atoms with E-state index in [1.54, 1.807) is 36.4 Å². The lowest BCUT2D eigenvalue weighted by atomic mass is 10.1. The average molecular weight is 438 g/mol. The molecule has 0 aliphatic carbocycles. The van der Waals surface area contributed by atoms with E-state index in [9.17, 15) is 13.2 Å². The van der Waals surface area contributed by atoms with Crippen LogP contribution in [0.4, 0.5) is 10.8 Å². The third-order valence-electron chi connectivity index (χ3n) is 4.48. The number of aromatic nitrogens is 1. The second-order valence-electron chi connectivity index (χ2n) is 6.90. The highest BCUT2D eigenvalue weighted by Gasteiger charge is 2.16. The molecule has 0 bridgehead atoms. The number of thiazole rings is 1. The number of anilines is 2. The number of carbonyl (C=O) groups is 1. The number of sulfonamides is 1. The van der Waals surface area contributed by atoms with E-state index in [1.807, 2.05) is 19.9 Å². The molecular weight excluding hydrogens is 418 g/mol. The van der Waals surface area contributed by atoms with E-state index in [0.29, 0.717) is 16.4 Å². The Hall–Kier alpha value is -3.23. The largest absolute Gasteiger partial charge is 0.298 e. The van der Waals surface area contributed by atoms with Crippen molar-refractivity contribution in [1.82, 2.24) is 4.98 Å². The summed E-state index contributed by atoms with van der Waals surface area (Å²) in [5, 5.41) is 3.31. The zero-order valence-electron chi connectivity index (χ0n) is 16.3. The van der Waals surface area contributed by atoms with Crippen LogP contribution in [0.2, 0.25) is 0 Å². The average Bonchev–Trinajstić information content (AvgIpc) is 3.11. The zero-order valence-corrected chi connectivity index (χ0v) is 18.0. The first kappa shape index (κ1) is 20.1. The molecule has 0 fully saturated rings. The van der Waals surface area contributed by atoms with Crippen molar-refractivity contribution >= 4 is 48.3 Å². The summed E-state index contributed by atoms with van der Waals surface area (Å²) in [6.07, 6.45) is 0. The van der Waals surface area contributed by atoms with Gasteiger partial charge in [0.25, 0.3) is 15.9 Å². The molecule has 0 aliphatic heterocycles. The van der Waals surface area contributed by atoms with Gasteiger partial charge in [0.15, 0.2) is 5.13 Å². The van der Waals surface area contributed by atoms with Gasteiger partial charge in [0.05, 0.1) is 15.1 Å². The lowest BCUT2D eigenvalue weighted by Crippen LogP contribution is -2.15. The SMILES string of the molecule is Cc1cc(C)c2nc(NC(=O)c3cccc(NS(=O)(=O)c4ccccc4)c3)sc2c1. The van der Waals surface area contributed by atoms with E-state index < -0.39 is 10.0 Å². The molecule has 0 atom stereocenters. The Morgan fingerprint density at radius 1 is 0.967 bits per heavy atom. The molecule has 0 unspecified atom stereocenters. The number of hydrogen-bond acceptors (Lipinski definition) is 5. The van der Waals surface area contributed by atoms with Crippen LogP contribution in [0.1, 0.15) is 21.5 Å². The summed E-state index contributed by atoms with van der Waals surface area (Å²) < 4.78 is 28.5. The number of nitrogens with one attached hydrogen (secondary N) is 2. The van der Waals surface area contributed by atoms with Gasteiger partial charge in [0.1, 0.15) is 0 Å². The summed E-state index contributed by atoms with van der Waals surface area (Å²) in [6, 6.07) is 18.5. The lowest BCUT2D eigenvalue weighted by Gasteiger charge is -2.09. The van der Waals surface area contributed by atoms with Crippen molar-refractivity contribution in [2.75, 3.05) is 10.0 Å². The number of nitrogens with zero attached hydrogens (tertiary/aromatic N) is 1. The molecular formula is C22H19N3O3S2. The molecule has 4 aromatic rings. The first-order valence-corrected chi connectivity index (χ1v) is 11.5. The maximum Gasteiger partial charge on any atom is 0.261 e. The predicted octanol–water partition coefficient (Wildman–Crippen LogP) is 4.97. The van der Waals surface area contributed by atoms with Crippen molar-refractivity contribution in [3.8, 4) is 0 Å². The zero-order chi connectivity index (χ0) is 21.3. The van der Waals surface area contributed by atoms with Crippen LogP contribution in [0, 0.1) is 13.8 Å². The number of aryl methyl sites for hydroxylation is 2. The number of amides is 1. The van der Waals surface area contributed by atoms with Crippen molar-refractivity contribution in [3.05, 3.63) is 83.4 Å². The topological polar surface area (TPSA) is 88.2 Å². The highest BCUT2D eigenvalue weighted by atomic mass is 32.2. The number of carbonyl (C=O) groups excluding carboxylic acids is 1. The fourth-order valence-corrected chi connectivity index (χ4v) is 5.24. The summed E-state index contributed by atoms with van der Waals surface area (Å²) >= 11 is 1.41. The van der Waals surface area contributed by atoms with E-state index in [1.165, 1.54) is 29.5 Å². The molecule has 1 heterocycles. The van der Waals surface area contributed by atoms with Crippen LogP contribution in [-0.2, 0) is 10.0 Å². The molecule has 1 amide bonds. The van der Waals surface area contributed by atoms with Gasteiger partial charge < -0.3 is 0 Å². The monoisotopic (exact) mass is 437 g/mol. The van der Waals surface area contributed by atoms with E-state index in [0.717, 1.165) is 21.3 Å². The van der Waals surface area contributed by atoms with Gasteiger partial charge in [0, 0.05) is 11.3 Å². The Labute approximate surface area is 178 Å². The smallest absolute Gasteiger partial charge is 0.261 e. The van der Waals surface area contributed by atoms with Gasteiger partial charge >= 0.3 is 0 Å². The summed E-state index contributed by atoms with van der Waals surface area (Å²) in [7, 11) is -3.73. The molecule has 3 aromatic carbocycles. The minimum absolute atomic E-state index is 0.153. The Morgan fingerprint density at radius 3 is 2.50 bits per heavy atom. The van der Waals surface area contributed by atoms with Crippen LogP contribution in [-0.4, -0.2) is 19.3 Å². The summed E-state index contributed by atoms with van der Waals surface area (Å²) in [5.74, 6) is -0.357. The number of hydrogen-bond donors (Lipinski definition) is 2. The Kier molecular flexibility index (Phi) is 5.27. The summed E-state index contributed by atoms with van der Waals surface area (Å²) in [5.41, 5.74) is 3.70. The number of rotatable bonds is 5. The second kappa shape index (κ2) is 7.89. The van der Waals surface area contributed by atoms with E-state index >= 15 is 0 Å². The van der Waals surface area contributed by atoms with Gasteiger partial charge in [-0.2, -0.15) is 0 Å². The van der Waals surface area contributed by atoms with Gasteiger partial charge in [-0.3, -0.25) is 14.8 Å². The third kappa shape index (κ3) is 4.19. The Balaban J connectivity index is 1.55. The van der Waals surface area contributed by atoms with Crippen LogP contribution in [0.5, 0.6) is 0 Å². The summed E-state index contributed by atoms with van der Waals surface area (Å²) in [4.78, 5) is 17.4. The van der Waals surface area contributed by atoms with Gasteiger partial charge in [-0.1, -0.05) is 41.7 Å². The van der Waals surface area contributed by atoms with Crippen LogP contribution in [0.25, 0.3) is 10.2 Å². The van der Waals surface area contributed by atoms with E-state index in [4.69, 9.17) is 0 Å². The fraction of sp³-hybridized carbons (Fsp3) is 0.0909. The molecule has 0 saturated heterocycles. The van der Waals surface area contributed by atoms with Crippen molar-refractivity contribution in [2.45, 2.75) is 18.7 Å².